The molecule has 8 heteroatoms. The minimum atomic E-state index is -0.731. The van der Waals surface area contributed by atoms with Crippen molar-refractivity contribution in [1.29, 1.82) is 0 Å². The normalized spacial score (nSPS) is 25.5. The van der Waals surface area contributed by atoms with Crippen molar-refractivity contribution in [2.45, 2.75) is 45.3 Å². The van der Waals surface area contributed by atoms with E-state index in [9.17, 15) is 14.7 Å². The van der Waals surface area contributed by atoms with Gasteiger partial charge in [0, 0.05) is 32.7 Å². The highest BCUT2D eigenvalue weighted by Crippen LogP contribution is 2.47. The number of piperazine rings is 1. The van der Waals surface area contributed by atoms with Crippen LogP contribution in [0.25, 0.3) is 0 Å². The number of thiocarbonyl (C=S) groups is 1. The first kappa shape index (κ1) is 17.3. The number of carboxylic acids is 1. The number of rotatable bonds is 3. The van der Waals surface area contributed by atoms with Crippen LogP contribution in [0.1, 0.15) is 33.6 Å². The Morgan fingerprint density at radius 3 is 2.50 bits per heavy atom. The summed E-state index contributed by atoms with van der Waals surface area (Å²) in [6.45, 7) is 8.51. The zero-order valence-corrected chi connectivity index (χ0v) is 15.3. The first-order chi connectivity index (χ1) is 11.1. The topological polar surface area (TPSA) is 73.3 Å². The van der Waals surface area contributed by atoms with Gasteiger partial charge in [-0.05, 0) is 45.8 Å². The fourth-order valence-electron chi connectivity index (χ4n) is 3.36. The van der Waals surface area contributed by atoms with Gasteiger partial charge in [-0.25, -0.2) is 4.79 Å². The summed E-state index contributed by atoms with van der Waals surface area (Å²) in [5.74, 6) is -0.731. The van der Waals surface area contributed by atoms with Gasteiger partial charge in [-0.15, -0.1) is 0 Å². The predicted octanol–water partition coefficient (Wildman–Crippen LogP) is 1.37. The van der Waals surface area contributed by atoms with Gasteiger partial charge in [0.1, 0.15) is 5.60 Å². The van der Waals surface area contributed by atoms with Crippen LogP contribution in [0, 0.1) is 5.41 Å². The van der Waals surface area contributed by atoms with E-state index in [1.165, 1.54) is 0 Å². The van der Waals surface area contributed by atoms with Crippen molar-refractivity contribution in [1.82, 2.24) is 14.7 Å². The van der Waals surface area contributed by atoms with E-state index in [-0.39, 0.29) is 12.1 Å². The highest BCUT2D eigenvalue weighted by molar-refractivity contribution is 7.80. The lowest BCUT2D eigenvalue weighted by Crippen LogP contribution is -2.54. The Morgan fingerprint density at radius 1 is 1.29 bits per heavy atom. The third kappa shape index (κ3) is 3.29. The Hall–Kier alpha value is -1.57. The van der Waals surface area contributed by atoms with Gasteiger partial charge >= 0.3 is 12.1 Å². The van der Waals surface area contributed by atoms with E-state index in [1.807, 2.05) is 25.7 Å². The summed E-state index contributed by atoms with van der Waals surface area (Å²) in [6, 6.07) is 0.114. The molecule has 3 aliphatic rings. The van der Waals surface area contributed by atoms with Crippen LogP contribution >= 0.6 is 12.2 Å². The molecular weight excluding hydrogens is 330 g/mol. The Kier molecular flexibility index (Phi) is 4.14. The van der Waals surface area contributed by atoms with E-state index in [4.69, 9.17) is 17.0 Å². The van der Waals surface area contributed by atoms with Crippen molar-refractivity contribution in [3.63, 3.8) is 0 Å². The molecular formula is C16H25N3O4S. The van der Waals surface area contributed by atoms with Gasteiger partial charge < -0.3 is 24.5 Å². The molecule has 0 unspecified atom stereocenters. The van der Waals surface area contributed by atoms with Crippen molar-refractivity contribution in [2.24, 2.45) is 5.41 Å². The lowest BCUT2D eigenvalue weighted by atomic mass is 10.1. The molecule has 24 heavy (non-hydrogen) atoms. The smallest absolute Gasteiger partial charge is 0.410 e. The molecule has 1 aliphatic carbocycles. The summed E-state index contributed by atoms with van der Waals surface area (Å²) < 4.78 is 5.45. The fourth-order valence-corrected chi connectivity index (χ4v) is 3.74. The zero-order valence-electron chi connectivity index (χ0n) is 14.4. The quantitative estimate of drug-likeness (QED) is 0.767. The Morgan fingerprint density at radius 2 is 1.96 bits per heavy atom. The summed E-state index contributed by atoms with van der Waals surface area (Å²) in [5, 5.41) is 10.1. The van der Waals surface area contributed by atoms with Crippen LogP contribution in [0.3, 0.4) is 0 Å². The monoisotopic (exact) mass is 355 g/mol. The molecule has 1 atom stereocenters. The molecule has 3 fully saturated rings. The second-order valence-corrected chi connectivity index (χ2v) is 8.39. The van der Waals surface area contributed by atoms with E-state index >= 15 is 0 Å². The van der Waals surface area contributed by atoms with E-state index in [1.54, 1.807) is 4.90 Å². The van der Waals surface area contributed by atoms with Gasteiger partial charge in [0.05, 0.1) is 11.5 Å². The molecule has 2 saturated heterocycles. The summed E-state index contributed by atoms with van der Waals surface area (Å²) in [6.07, 6.45) is 1.14. The highest BCUT2D eigenvalue weighted by atomic mass is 32.1. The molecule has 0 aromatic rings. The van der Waals surface area contributed by atoms with Crippen LogP contribution in [-0.2, 0) is 9.53 Å². The number of aliphatic carboxylic acids is 1. The van der Waals surface area contributed by atoms with Crippen molar-refractivity contribution >= 4 is 29.4 Å². The zero-order chi connectivity index (χ0) is 17.7. The summed E-state index contributed by atoms with van der Waals surface area (Å²) in [7, 11) is 0. The number of carboxylic acid groups (broad SMARTS) is 1. The van der Waals surface area contributed by atoms with Crippen molar-refractivity contribution in [3.05, 3.63) is 0 Å². The fraction of sp³-hybridized carbons (Fsp3) is 0.812. The maximum absolute atomic E-state index is 12.3. The maximum Gasteiger partial charge on any atom is 0.410 e. The first-order valence-electron chi connectivity index (χ1n) is 8.38. The number of ether oxygens (including phenoxy) is 1. The first-order valence-corrected chi connectivity index (χ1v) is 8.79. The van der Waals surface area contributed by atoms with Crippen LogP contribution in [0.2, 0.25) is 0 Å². The average molecular weight is 355 g/mol. The minimum absolute atomic E-state index is 0.114. The second kappa shape index (κ2) is 5.75. The number of hydrogen-bond acceptors (Lipinski definition) is 4. The van der Waals surface area contributed by atoms with Gasteiger partial charge in [0.25, 0.3) is 0 Å². The van der Waals surface area contributed by atoms with Crippen LogP contribution in [-0.4, -0.2) is 81.3 Å². The van der Waals surface area contributed by atoms with E-state index in [0.717, 1.165) is 18.0 Å². The molecule has 0 radical (unpaired) electrons. The van der Waals surface area contributed by atoms with Gasteiger partial charge in [0.2, 0.25) is 0 Å². The van der Waals surface area contributed by atoms with E-state index in [2.05, 4.69) is 4.90 Å². The van der Waals surface area contributed by atoms with Crippen LogP contribution in [0.15, 0.2) is 0 Å². The molecule has 0 spiro atoms. The van der Waals surface area contributed by atoms with Gasteiger partial charge in [-0.2, -0.15) is 0 Å². The van der Waals surface area contributed by atoms with Crippen LogP contribution in [0.4, 0.5) is 4.79 Å². The third-order valence-electron chi connectivity index (χ3n) is 4.88. The molecule has 0 aromatic carbocycles. The minimum Gasteiger partial charge on any atom is -0.481 e. The number of nitrogens with zero attached hydrogens (tertiary/aromatic N) is 3. The Bertz CT molecular complexity index is 570. The number of carbonyl (C=O) groups excluding carboxylic acids is 1. The standard InChI is InChI=1S/C16H25N3O4S/c1-15(2,3)23-14(22)17-6-7-19-11(8-17)9-18(13(19)24)10-16(4-5-16)12(20)21/h11H,4-10H2,1-3H3,(H,20,21)/t11-/m1/s1. The average Bonchev–Trinajstić information content (AvgIpc) is 3.18. The molecule has 7 nitrogen and oxygen atoms in total. The van der Waals surface area contributed by atoms with E-state index in [0.29, 0.717) is 32.7 Å². The summed E-state index contributed by atoms with van der Waals surface area (Å²) in [4.78, 5) is 29.5. The van der Waals surface area contributed by atoms with E-state index < -0.39 is 17.0 Å². The number of fused-ring (bicyclic) bond motifs is 1. The molecule has 1 amide bonds. The molecule has 134 valence electrons. The number of amides is 1. The van der Waals surface area contributed by atoms with Gasteiger partial charge in [0.15, 0.2) is 5.11 Å². The second-order valence-electron chi connectivity index (χ2n) is 8.02. The summed E-state index contributed by atoms with van der Waals surface area (Å²) in [5.41, 5.74) is -1.13. The lowest BCUT2D eigenvalue weighted by Gasteiger charge is -2.37. The molecule has 0 aromatic heterocycles. The van der Waals surface area contributed by atoms with Gasteiger partial charge in [-0.1, -0.05) is 0 Å². The molecule has 2 aliphatic heterocycles. The largest absolute Gasteiger partial charge is 0.481 e. The third-order valence-corrected chi connectivity index (χ3v) is 5.38. The number of carbonyl (C=O) groups is 2. The molecule has 2 heterocycles. The van der Waals surface area contributed by atoms with Crippen molar-refractivity contribution in [2.75, 3.05) is 32.7 Å². The van der Waals surface area contributed by atoms with Crippen LogP contribution < -0.4 is 0 Å². The van der Waals surface area contributed by atoms with Crippen molar-refractivity contribution < 1.29 is 19.4 Å². The van der Waals surface area contributed by atoms with Crippen LogP contribution in [0.5, 0.6) is 0 Å². The Balaban J connectivity index is 1.61. The molecule has 1 N–H and O–H groups in total. The summed E-state index contributed by atoms with van der Waals surface area (Å²) >= 11 is 5.54. The molecule has 0 bridgehead atoms. The Labute approximate surface area is 147 Å². The molecule has 3 rings (SSSR count). The molecule has 1 saturated carbocycles. The highest BCUT2D eigenvalue weighted by Gasteiger charge is 2.53. The SMILES string of the molecule is CC(C)(C)OC(=O)N1CCN2C(=S)N(CC3(C(=O)O)CC3)C[C@H]2C1. The number of hydrogen-bond donors (Lipinski definition) is 1. The van der Waals surface area contributed by atoms with Crippen molar-refractivity contribution in [3.8, 4) is 0 Å². The van der Waals surface area contributed by atoms with Gasteiger partial charge in [-0.3, -0.25) is 4.79 Å². The maximum atomic E-state index is 12.3. The lowest BCUT2D eigenvalue weighted by molar-refractivity contribution is -0.143. The predicted molar refractivity (Wildman–Crippen MR) is 91.8 cm³/mol.